The van der Waals surface area contributed by atoms with Crippen LogP contribution in [-0.2, 0) is 9.84 Å². The summed E-state index contributed by atoms with van der Waals surface area (Å²) < 4.78 is 22.5. The standard InChI is InChI=1S/C12H21NO2S/c1-2-10-3-5-11(6-4-10)13-12-7-8-16(14,15)9-12/h7-8,10-13H,2-6,9H2,1H3. The highest BCUT2D eigenvalue weighted by Gasteiger charge is 2.26. The summed E-state index contributed by atoms with van der Waals surface area (Å²) in [6.45, 7) is 2.25. The van der Waals surface area contributed by atoms with Gasteiger partial charge in [0.2, 0.25) is 0 Å². The number of hydrogen-bond acceptors (Lipinski definition) is 3. The molecule has 16 heavy (non-hydrogen) atoms. The van der Waals surface area contributed by atoms with Gasteiger partial charge in [-0.2, -0.15) is 0 Å². The van der Waals surface area contributed by atoms with E-state index < -0.39 is 9.84 Å². The Morgan fingerprint density at radius 2 is 1.94 bits per heavy atom. The van der Waals surface area contributed by atoms with E-state index in [1.54, 1.807) is 6.08 Å². The summed E-state index contributed by atoms with van der Waals surface area (Å²) >= 11 is 0. The maximum absolute atomic E-state index is 11.3. The Hall–Kier alpha value is -0.350. The van der Waals surface area contributed by atoms with Gasteiger partial charge in [0.15, 0.2) is 9.84 Å². The van der Waals surface area contributed by atoms with Crippen LogP contribution in [0.2, 0.25) is 0 Å². The summed E-state index contributed by atoms with van der Waals surface area (Å²) in [4.78, 5) is 0. The molecule has 1 unspecified atom stereocenters. The highest BCUT2D eigenvalue weighted by molar-refractivity contribution is 7.94. The zero-order valence-corrected chi connectivity index (χ0v) is 10.7. The van der Waals surface area contributed by atoms with Gasteiger partial charge in [0.05, 0.1) is 5.75 Å². The third-order valence-corrected chi connectivity index (χ3v) is 5.20. The maximum Gasteiger partial charge on any atom is 0.173 e. The molecule has 1 aliphatic heterocycles. The van der Waals surface area contributed by atoms with E-state index in [9.17, 15) is 8.42 Å². The molecule has 0 aromatic heterocycles. The van der Waals surface area contributed by atoms with Gasteiger partial charge in [0.1, 0.15) is 0 Å². The van der Waals surface area contributed by atoms with E-state index in [1.807, 2.05) is 0 Å². The zero-order chi connectivity index (χ0) is 11.6. The van der Waals surface area contributed by atoms with Crippen LogP contribution < -0.4 is 5.32 Å². The van der Waals surface area contributed by atoms with Crippen molar-refractivity contribution in [1.82, 2.24) is 5.32 Å². The molecule has 0 spiro atoms. The summed E-state index contributed by atoms with van der Waals surface area (Å²) in [5.41, 5.74) is 0. The Bertz CT molecular complexity index is 353. The highest BCUT2D eigenvalue weighted by Crippen LogP contribution is 2.27. The second-order valence-electron chi connectivity index (χ2n) is 5.06. The average Bonchev–Trinajstić information content (AvgIpc) is 2.59. The fourth-order valence-electron chi connectivity index (χ4n) is 2.72. The Kier molecular flexibility index (Phi) is 3.70. The van der Waals surface area contributed by atoms with Gasteiger partial charge in [-0.05, 0) is 31.6 Å². The molecule has 0 aromatic carbocycles. The van der Waals surface area contributed by atoms with Gasteiger partial charge in [-0.1, -0.05) is 19.4 Å². The summed E-state index contributed by atoms with van der Waals surface area (Å²) in [7, 11) is -2.90. The smallest absolute Gasteiger partial charge is 0.173 e. The molecule has 1 N–H and O–H groups in total. The van der Waals surface area contributed by atoms with Crippen molar-refractivity contribution in [3.05, 3.63) is 11.5 Å². The first-order chi connectivity index (χ1) is 7.59. The predicted molar refractivity (Wildman–Crippen MR) is 65.9 cm³/mol. The van der Waals surface area contributed by atoms with Crippen LogP contribution in [-0.4, -0.2) is 26.3 Å². The minimum absolute atomic E-state index is 0.0492. The predicted octanol–water partition coefficient (Wildman–Crippen LogP) is 1.86. The third kappa shape index (κ3) is 3.08. The van der Waals surface area contributed by atoms with Crippen molar-refractivity contribution >= 4 is 9.84 Å². The Balaban J connectivity index is 1.78. The van der Waals surface area contributed by atoms with Gasteiger partial charge in [0, 0.05) is 17.5 Å². The minimum atomic E-state index is -2.90. The Morgan fingerprint density at radius 3 is 2.44 bits per heavy atom. The zero-order valence-electron chi connectivity index (χ0n) is 9.85. The van der Waals surface area contributed by atoms with Crippen molar-refractivity contribution in [1.29, 1.82) is 0 Å². The van der Waals surface area contributed by atoms with E-state index in [4.69, 9.17) is 0 Å². The first-order valence-electron chi connectivity index (χ1n) is 6.26. The van der Waals surface area contributed by atoms with Crippen LogP contribution in [0.3, 0.4) is 0 Å². The first kappa shape index (κ1) is 12.1. The molecule has 1 fully saturated rings. The number of rotatable bonds is 3. The third-order valence-electron chi connectivity index (χ3n) is 3.80. The van der Waals surface area contributed by atoms with Crippen molar-refractivity contribution in [2.45, 2.75) is 51.1 Å². The molecule has 1 saturated carbocycles. The lowest BCUT2D eigenvalue weighted by Gasteiger charge is -2.30. The fraction of sp³-hybridized carbons (Fsp3) is 0.833. The Labute approximate surface area is 98.2 Å². The van der Waals surface area contributed by atoms with Crippen molar-refractivity contribution < 1.29 is 8.42 Å². The molecule has 0 aromatic rings. The van der Waals surface area contributed by atoms with Gasteiger partial charge >= 0.3 is 0 Å². The van der Waals surface area contributed by atoms with Crippen molar-refractivity contribution in [2.75, 3.05) is 5.75 Å². The molecule has 92 valence electrons. The van der Waals surface area contributed by atoms with Crippen LogP contribution in [0.25, 0.3) is 0 Å². The minimum Gasteiger partial charge on any atom is -0.307 e. The molecule has 0 radical (unpaired) electrons. The first-order valence-corrected chi connectivity index (χ1v) is 7.97. The van der Waals surface area contributed by atoms with E-state index in [-0.39, 0.29) is 11.8 Å². The van der Waals surface area contributed by atoms with Crippen LogP contribution in [0.4, 0.5) is 0 Å². The summed E-state index contributed by atoms with van der Waals surface area (Å²) in [5.74, 6) is 1.14. The van der Waals surface area contributed by atoms with Crippen LogP contribution in [0.5, 0.6) is 0 Å². The van der Waals surface area contributed by atoms with E-state index >= 15 is 0 Å². The SMILES string of the molecule is CCC1CCC(NC2C=CS(=O)(=O)C2)CC1. The lowest BCUT2D eigenvalue weighted by atomic mass is 9.84. The van der Waals surface area contributed by atoms with Crippen molar-refractivity contribution in [3.63, 3.8) is 0 Å². The Morgan fingerprint density at radius 1 is 1.25 bits per heavy atom. The molecular formula is C12H21NO2S. The van der Waals surface area contributed by atoms with Crippen LogP contribution in [0.15, 0.2) is 11.5 Å². The monoisotopic (exact) mass is 243 g/mol. The van der Waals surface area contributed by atoms with Crippen LogP contribution in [0, 0.1) is 5.92 Å². The fourth-order valence-corrected chi connectivity index (χ4v) is 3.97. The lowest BCUT2D eigenvalue weighted by molar-refractivity contribution is 0.281. The van der Waals surface area contributed by atoms with E-state index in [0.29, 0.717) is 6.04 Å². The molecule has 0 bridgehead atoms. The molecule has 1 heterocycles. The van der Waals surface area contributed by atoms with Crippen molar-refractivity contribution in [3.8, 4) is 0 Å². The van der Waals surface area contributed by atoms with Crippen molar-refractivity contribution in [2.24, 2.45) is 5.92 Å². The maximum atomic E-state index is 11.3. The second-order valence-corrected chi connectivity index (χ2v) is 6.99. The molecule has 4 heteroatoms. The normalized spacial score (nSPS) is 37.7. The van der Waals surface area contributed by atoms with E-state index in [2.05, 4.69) is 12.2 Å². The number of nitrogens with one attached hydrogen (secondary N) is 1. The quantitative estimate of drug-likeness (QED) is 0.823. The van der Waals surface area contributed by atoms with Crippen LogP contribution in [0.1, 0.15) is 39.0 Å². The number of hydrogen-bond donors (Lipinski definition) is 1. The molecule has 0 amide bonds. The van der Waals surface area contributed by atoms with Gasteiger partial charge in [-0.15, -0.1) is 0 Å². The molecular weight excluding hydrogens is 222 g/mol. The van der Waals surface area contributed by atoms with E-state index in [0.717, 1.165) is 5.92 Å². The number of sulfone groups is 1. The van der Waals surface area contributed by atoms with Gasteiger partial charge in [-0.25, -0.2) is 8.42 Å². The van der Waals surface area contributed by atoms with Gasteiger partial charge in [-0.3, -0.25) is 0 Å². The van der Waals surface area contributed by atoms with E-state index in [1.165, 1.54) is 37.5 Å². The molecule has 2 aliphatic rings. The van der Waals surface area contributed by atoms with Gasteiger partial charge in [0.25, 0.3) is 0 Å². The molecule has 0 saturated heterocycles. The molecule has 3 nitrogen and oxygen atoms in total. The van der Waals surface area contributed by atoms with Crippen LogP contribution >= 0.6 is 0 Å². The molecule has 1 aliphatic carbocycles. The highest BCUT2D eigenvalue weighted by atomic mass is 32.2. The summed E-state index contributed by atoms with van der Waals surface area (Å²) in [6.07, 6.45) is 8.05. The van der Waals surface area contributed by atoms with Gasteiger partial charge < -0.3 is 5.32 Å². The largest absolute Gasteiger partial charge is 0.307 e. The average molecular weight is 243 g/mol. The summed E-state index contributed by atoms with van der Waals surface area (Å²) in [5, 5.41) is 4.80. The molecule has 1 atom stereocenters. The molecule has 2 rings (SSSR count). The summed E-state index contributed by atoms with van der Waals surface area (Å²) in [6, 6.07) is 0.568. The topological polar surface area (TPSA) is 46.2 Å². The lowest BCUT2D eigenvalue weighted by Crippen LogP contribution is -2.40. The second kappa shape index (κ2) is 4.88.